The summed E-state index contributed by atoms with van der Waals surface area (Å²) in [7, 11) is 0. The Morgan fingerprint density at radius 1 is 1.43 bits per heavy atom. The molecule has 0 unspecified atom stereocenters. The molecule has 2 aromatic rings. The Balaban J connectivity index is 2.14. The smallest absolute Gasteiger partial charge is 0.267 e. The molecule has 3 N–H and O–H groups in total. The molecule has 0 spiro atoms. The van der Waals surface area contributed by atoms with Crippen LogP contribution in [0.15, 0.2) is 29.3 Å². The zero-order valence-electron chi connectivity index (χ0n) is 11.7. The minimum absolute atomic E-state index is 0.0874. The van der Waals surface area contributed by atoms with E-state index in [1.807, 2.05) is 35.6 Å². The molecule has 0 saturated carbocycles. The van der Waals surface area contributed by atoms with Crippen molar-refractivity contribution in [2.24, 2.45) is 0 Å². The highest BCUT2D eigenvalue weighted by Gasteiger charge is 2.09. The first-order valence-electron chi connectivity index (χ1n) is 6.26. The first kappa shape index (κ1) is 15.5. The number of hydrogen-bond donors (Lipinski definition) is 2. The third-order valence-corrected chi connectivity index (χ3v) is 4.28. The van der Waals surface area contributed by atoms with Gasteiger partial charge in [-0.15, -0.1) is 0 Å². The van der Waals surface area contributed by atoms with E-state index in [2.05, 4.69) is 10.3 Å². The van der Waals surface area contributed by atoms with E-state index < -0.39 is 0 Å². The van der Waals surface area contributed by atoms with E-state index in [1.165, 1.54) is 10.9 Å². The van der Waals surface area contributed by atoms with Gasteiger partial charge in [-0.2, -0.15) is 0 Å². The second-order valence-corrected chi connectivity index (χ2v) is 5.78. The monoisotopic (exact) mass is 398 g/mol. The molecule has 2 rings (SSSR count). The molecule has 21 heavy (non-hydrogen) atoms. The van der Waals surface area contributed by atoms with Gasteiger partial charge in [0.05, 0.1) is 15.6 Å². The first-order chi connectivity index (χ1) is 9.88. The van der Waals surface area contributed by atoms with E-state index in [0.717, 1.165) is 5.56 Å². The van der Waals surface area contributed by atoms with Crippen LogP contribution in [-0.2, 0) is 11.3 Å². The van der Waals surface area contributed by atoms with Crippen LogP contribution in [0.1, 0.15) is 11.3 Å². The average molecular weight is 398 g/mol. The number of nitrogens with two attached hydrogens (primary N) is 1. The van der Waals surface area contributed by atoms with Crippen molar-refractivity contribution in [3.05, 3.63) is 49.7 Å². The molecular formula is C14H15IN4O2. The molecule has 0 saturated heterocycles. The second kappa shape index (κ2) is 6.25. The number of anilines is 2. The molecule has 7 heteroatoms. The van der Waals surface area contributed by atoms with E-state index >= 15 is 0 Å². The molecule has 0 fully saturated rings. The van der Waals surface area contributed by atoms with Gasteiger partial charge in [0.15, 0.2) is 0 Å². The van der Waals surface area contributed by atoms with Gasteiger partial charge >= 0.3 is 0 Å². The lowest BCUT2D eigenvalue weighted by Crippen LogP contribution is -2.29. The summed E-state index contributed by atoms with van der Waals surface area (Å²) in [6, 6.07) is 5.28. The Morgan fingerprint density at radius 2 is 2.14 bits per heavy atom. The summed E-state index contributed by atoms with van der Waals surface area (Å²) in [5.74, 6) is -0.304. The van der Waals surface area contributed by atoms with Crippen molar-refractivity contribution >= 4 is 39.9 Å². The minimum atomic E-state index is -0.304. The number of aryl methyl sites for hydroxylation is 2. The lowest BCUT2D eigenvalue weighted by Gasteiger charge is -2.09. The Labute approximate surface area is 135 Å². The van der Waals surface area contributed by atoms with Gasteiger partial charge < -0.3 is 11.1 Å². The van der Waals surface area contributed by atoms with Crippen molar-refractivity contribution in [1.82, 2.24) is 9.55 Å². The molecule has 1 heterocycles. The Hall–Kier alpha value is -1.90. The van der Waals surface area contributed by atoms with Crippen LogP contribution in [0.25, 0.3) is 0 Å². The third-order valence-electron chi connectivity index (χ3n) is 3.03. The van der Waals surface area contributed by atoms with Gasteiger partial charge in [0.1, 0.15) is 6.54 Å². The van der Waals surface area contributed by atoms with Crippen molar-refractivity contribution in [1.29, 1.82) is 0 Å². The number of carbonyl (C=O) groups is 1. The molecule has 0 atom stereocenters. The molecular weight excluding hydrogens is 383 g/mol. The number of benzene rings is 1. The van der Waals surface area contributed by atoms with Gasteiger partial charge in [0, 0.05) is 11.4 Å². The van der Waals surface area contributed by atoms with E-state index in [-0.39, 0.29) is 18.0 Å². The number of halogens is 1. The molecule has 0 bridgehead atoms. The summed E-state index contributed by atoms with van der Waals surface area (Å²) in [6.45, 7) is 3.55. The summed E-state index contributed by atoms with van der Waals surface area (Å²) in [6.07, 6.45) is 1.38. The number of nitrogens with zero attached hydrogens (tertiary/aromatic N) is 2. The van der Waals surface area contributed by atoms with Crippen LogP contribution in [0.3, 0.4) is 0 Å². The number of rotatable bonds is 3. The standard InChI is InChI=1S/C14H15IN4O2/c1-8-3-4-10(5-11(8)16)18-12(20)6-19-7-17-9(2)13(15)14(19)21/h3-5,7H,6,16H2,1-2H3,(H,18,20). The highest BCUT2D eigenvalue weighted by molar-refractivity contribution is 14.1. The predicted octanol–water partition coefficient (Wildman–Crippen LogP) is 1.69. The van der Waals surface area contributed by atoms with Crippen LogP contribution in [0, 0.1) is 17.4 Å². The van der Waals surface area contributed by atoms with Crippen molar-refractivity contribution in [2.45, 2.75) is 20.4 Å². The van der Waals surface area contributed by atoms with Crippen molar-refractivity contribution in [3.63, 3.8) is 0 Å². The molecule has 0 radical (unpaired) electrons. The van der Waals surface area contributed by atoms with Gasteiger partial charge in [0.2, 0.25) is 5.91 Å². The van der Waals surface area contributed by atoms with E-state index in [9.17, 15) is 9.59 Å². The zero-order valence-corrected chi connectivity index (χ0v) is 13.8. The summed E-state index contributed by atoms with van der Waals surface area (Å²) >= 11 is 1.93. The second-order valence-electron chi connectivity index (χ2n) is 4.70. The number of hydrogen-bond acceptors (Lipinski definition) is 4. The van der Waals surface area contributed by atoms with Crippen molar-refractivity contribution < 1.29 is 4.79 Å². The number of amides is 1. The van der Waals surface area contributed by atoms with E-state index in [0.29, 0.717) is 20.6 Å². The lowest BCUT2D eigenvalue weighted by atomic mass is 10.2. The fourth-order valence-electron chi connectivity index (χ4n) is 1.73. The molecule has 110 valence electrons. The third kappa shape index (κ3) is 3.60. The van der Waals surface area contributed by atoms with Crippen LogP contribution < -0.4 is 16.6 Å². The van der Waals surface area contributed by atoms with Crippen LogP contribution in [0.4, 0.5) is 11.4 Å². The van der Waals surface area contributed by atoms with Crippen molar-refractivity contribution in [3.8, 4) is 0 Å². The highest BCUT2D eigenvalue weighted by Crippen LogP contribution is 2.16. The zero-order chi connectivity index (χ0) is 15.6. The summed E-state index contributed by atoms with van der Waals surface area (Å²) < 4.78 is 1.80. The molecule has 0 aliphatic heterocycles. The largest absolute Gasteiger partial charge is 0.398 e. The van der Waals surface area contributed by atoms with E-state index in [1.54, 1.807) is 19.1 Å². The Bertz CT molecular complexity index is 755. The average Bonchev–Trinajstić information content (AvgIpc) is 2.44. The molecule has 0 aliphatic carbocycles. The van der Waals surface area contributed by atoms with Gasteiger partial charge in [-0.1, -0.05) is 6.07 Å². The summed E-state index contributed by atoms with van der Waals surface area (Å²) in [4.78, 5) is 28.1. The normalized spacial score (nSPS) is 10.4. The van der Waals surface area contributed by atoms with E-state index in [4.69, 9.17) is 5.73 Å². The van der Waals surface area contributed by atoms with Crippen LogP contribution in [0.5, 0.6) is 0 Å². The fraction of sp³-hybridized carbons (Fsp3) is 0.214. The van der Waals surface area contributed by atoms with Crippen LogP contribution in [-0.4, -0.2) is 15.5 Å². The van der Waals surface area contributed by atoms with Crippen molar-refractivity contribution in [2.75, 3.05) is 11.1 Å². The maximum Gasteiger partial charge on any atom is 0.267 e. The number of nitrogen functional groups attached to an aromatic ring is 1. The molecule has 0 aliphatic rings. The first-order valence-corrected chi connectivity index (χ1v) is 7.34. The van der Waals surface area contributed by atoms with Gasteiger partial charge in [-0.05, 0) is 54.1 Å². The van der Waals surface area contributed by atoms with Crippen LogP contribution in [0.2, 0.25) is 0 Å². The summed E-state index contributed by atoms with van der Waals surface area (Å²) in [5.41, 5.74) is 8.38. The maximum absolute atomic E-state index is 12.0. The molecule has 6 nitrogen and oxygen atoms in total. The predicted molar refractivity (Wildman–Crippen MR) is 90.2 cm³/mol. The highest BCUT2D eigenvalue weighted by atomic mass is 127. The molecule has 1 amide bonds. The number of carbonyl (C=O) groups excluding carboxylic acids is 1. The van der Waals surface area contributed by atoms with Gasteiger partial charge in [0.25, 0.3) is 5.56 Å². The molecule has 1 aromatic carbocycles. The Morgan fingerprint density at radius 3 is 2.81 bits per heavy atom. The maximum atomic E-state index is 12.0. The van der Waals surface area contributed by atoms with Crippen LogP contribution >= 0.6 is 22.6 Å². The SMILES string of the molecule is Cc1ccc(NC(=O)Cn2cnc(C)c(I)c2=O)cc1N. The Kier molecular flexibility index (Phi) is 4.61. The molecule has 1 aromatic heterocycles. The van der Waals surface area contributed by atoms with Gasteiger partial charge in [-0.3, -0.25) is 14.2 Å². The summed E-state index contributed by atoms with van der Waals surface area (Å²) in [5, 5.41) is 2.71. The topological polar surface area (TPSA) is 90.0 Å². The number of nitrogens with one attached hydrogen (secondary N) is 1. The minimum Gasteiger partial charge on any atom is -0.398 e. The number of aromatic nitrogens is 2. The fourth-order valence-corrected chi connectivity index (χ4v) is 2.18. The van der Waals surface area contributed by atoms with Gasteiger partial charge in [-0.25, -0.2) is 4.98 Å². The quantitative estimate of drug-likeness (QED) is 0.608. The lowest BCUT2D eigenvalue weighted by molar-refractivity contribution is -0.116.